The molecule has 39 heavy (non-hydrogen) atoms. The Kier molecular flexibility index (Phi) is 6.84. The van der Waals surface area contributed by atoms with E-state index in [2.05, 4.69) is 44.2 Å². The fraction of sp³-hybridized carbons (Fsp3) is 0.259. The van der Waals surface area contributed by atoms with Crippen LogP contribution in [0.2, 0.25) is 15.1 Å². The summed E-state index contributed by atoms with van der Waals surface area (Å²) in [5.41, 5.74) is 2.59. The van der Waals surface area contributed by atoms with Crippen molar-refractivity contribution in [3.63, 3.8) is 0 Å². The number of hydrogen-bond acceptors (Lipinski definition) is 7. The molecule has 0 spiro atoms. The van der Waals surface area contributed by atoms with Crippen LogP contribution >= 0.6 is 34.8 Å². The lowest BCUT2D eigenvalue weighted by molar-refractivity contribution is 0.249. The highest BCUT2D eigenvalue weighted by Crippen LogP contribution is 2.33. The molecule has 1 fully saturated rings. The van der Waals surface area contributed by atoms with Gasteiger partial charge in [-0.15, -0.1) is 0 Å². The number of para-hydroxylation sites is 1. The number of piperidine rings is 1. The molecule has 2 aromatic carbocycles. The van der Waals surface area contributed by atoms with Gasteiger partial charge in [-0.2, -0.15) is 0 Å². The summed E-state index contributed by atoms with van der Waals surface area (Å²) in [5, 5.41) is 4.81. The first-order valence-corrected chi connectivity index (χ1v) is 13.6. The van der Waals surface area contributed by atoms with Gasteiger partial charge >= 0.3 is 0 Å². The van der Waals surface area contributed by atoms with E-state index in [9.17, 15) is 4.79 Å². The number of aromatic nitrogens is 5. The second-order valence-electron chi connectivity index (χ2n) is 9.71. The molecule has 6 rings (SSSR count). The first-order valence-electron chi connectivity index (χ1n) is 12.5. The van der Waals surface area contributed by atoms with E-state index in [1.54, 1.807) is 35.1 Å². The van der Waals surface area contributed by atoms with Crippen LogP contribution in [0.15, 0.2) is 59.8 Å². The number of imidazole rings is 1. The number of fused-ring (bicyclic) bond motifs is 3. The molecule has 3 aromatic heterocycles. The van der Waals surface area contributed by atoms with E-state index in [-0.39, 0.29) is 10.9 Å². The van der Waals surface area contributed by atoms with E-state index in [1.165, 1.54) is 10.9 Å². The summed E-state index contributed by atoms with van der Waals surface area (Å²) in [4.78, 5) is 31.7. The molecular weight excluding hydrogens is 559 g/mol. The summed E-state index contributed by atoms with van der Waals surface area (Å²) in [7, 11) is 4.26. The zero-order valence-electron chi connectivity index (χ0n) is 21.3. The van der Waals surface area contributed by atoms with Gasteiger partial charge in [-0.25, -0.2) is 24.1 Å². The molecule has 0 radical (unpaired) electrons. The third kappa shape index (κ3) is 4.69. The topological polar surface area (TPSA) is 83.6 Å². The highest BCUT2D eigenvalue weighted by molar-refractivity contribution is 6.37. The fourth-order valence-electron chi connectivity index (χ4n) is 5.10. The molecule has 0 amide bonds. The maximum Gasteiger partial charge on any atom is 0.281 e. The first kappa shape index (κ1) is 25.9. The minimum Gasteiger partial charge on any atom is -0.370 e. The Morgan fingerprint density at radius 3 is 2.44 bits per heavy atom. The highest BCUT2D eigenvalue weighted by Gasteiger charge is 2.23. The molecular formula is C27H25Cl3N8O. The highest BCUT2D eigenvalue weighted by atomic mass is 35.5. The minimum atomic E-state index is -0.373. The number of hydrogen-bond donors (Lipinski definition) is 1. The average Bonchev–Trinajstić information content (AvgIpc) is 3.40. The monoisotopic (exact) mass is 582 g/mol. The number of halogens is 3. The van der Waals surface area contributed by atoms with Crippen molar-refractivity contribution in [1.29, 1.82) is 0 Å². The molecule has 9 nitrogen and oxygen atoms in total. The van der Waals surface area contributed by atoms with Crippen molar-refractivity contribution in [2.45, 2.75) is 18.9 Å². The van der Waals surface area contributed by atoms with E-state index < -0.39 is 0 Å². The van der Waals surface area contributed by atoms with Gasteiger partial charge in [0.15, 0.2) is 5.65 Å². The molecule has 1 aliphatic heterocycles. The van der Waals surface area contributed by atoms with Gasteiger partial charge in [-0.3, -0.25) is 4.79 Å². The van der Waals surface area contributed by atoms with Crippen molar-refractivity contribution in [3.8, 4) is 5.69 Å². The molecule has 12 heteroatoms. The van der Waals surface area contributed by atoms with Crippen LogP contribution in [0, 0.1) is 0 Å². The second-order valence-corrected chi connectivity index (χ2v) is 10.9. The van der Waals surface area contributed by atoms with Crippen LogP contribution in [0.3, 0.4) is 0 Å². The van der Waals surface area contributed by atoms with E-state index in [0.717, 1.165) is 37.3 Å². The molecule has 0 bridgehead atoms. The molecule has 5 aromatic rings. The molecule has 0 atom stereocenters. The van der Waals surface area contributed by atoms with Gasteiger partial charge in [-0.1, -0.05) is 40.9 Å². The van der Waals surface area contributed by atoms with Gasteiger partial charge in [-0.05, 0) is 57.3 Å². The van der Waals surface area contributed by atoms with Crippen LogP contribution in [0.25, 0.3) is 22.2 Å². The van der Waals surface area contributed by atoms with Gasteiger partial charge in [0.05, 0.1) is 26.1 Å². The number of nitrogens with zero attached hydrogens (tertiary/aromatic N) is 7. The summed E-state index contributed by atoms with van der Waals surface area (Å²) < 4.78 is 2.96. The summed E-state index contributed by atoms with van der Waals surface area (Å²) in [6.45, 7) is 1.92. The van der Waals surface area contributed by atoms with Crippen molar-refractivity contribution in [2.75, 3.05) is 37.4 Å². The molecule has 4 heterocycles. The van der Waals surface area contributed by atoms with Crippen LogP contribution in [0.1, 0.15) is 12.8 Å². The van der Waals surface area contributed by atoms with E-state index in [4.69, 9.17) is 34.8 Å². The molecule has 1 saturated heterocycles. The Morgan fingerprint density at radius 1 is 1.00 bits per heavy atom. The van der Waals surface area contributed by atoms with Gasteiger partial charge in [0, 0.05) is 43.4 Å². The molecule has 0 saturated carbocycles. The largest absolute Gasteiger partial charge is 0.370 e. The van der Waals surface area contributed by atoms with Gasteiger partial charge in [0.1, 0.15) is 11.2 Å². The zero-order valence-corrected chi connectivity index (χ0v) is 23.5. The van der Waals surface area contributed by atoms with E-state index in [1.807, 2.05) is 18.2 Å². The van der Waals surface area contributed by atoms with Gasteiger partial charge < -0.3 is 15.1 Å². The number of nitrogens with one attached hydrogen (secondary N) is 1. The zero-order chi connectivity index (χ0) is 27.3. The Bertz CT molecular complexity index is 1740. The number of rotatable bonds is 5. The Hall–Kier alpha value is -3.37. The van der Waals surface area contributed by atoms with Crippen LogP contribution < -0.4 is 15.8 Å². The normalized spacial score (nSPS) is 14.6. The first-order chi connectivity index (χ1) is 18.8. The van der Waals surface area contributed by atoms with Crippen molar-refractivity contribution in [3.05, 3.63) is 80.4 Å². The second kappa shape index (κ2) is 10.3. The van der Waals surface area contributed by atoms with E-state index in [0.29, 0.717) is 43.9 Å². The van der Waals surface area contributed by atoms with Crippen molar-refractivity contribution < 1.29 is 0 Å². The maximum absolute atomic E-state index is 13.6. The molecule has 0 unspecified atom stereocenters. The lowest BCUT2D eigenvalue weighted by Gasteiger charge is -2.36. The van der Waals surface area contributed by atoms with Crippen LogP contribution in [0.5, 0.6) is 0 Å². The standard InChI is InChI=1S/C27H25Cl3N8O/c1-35(2)17-8-11-36(12-9-17)22-7-6-16(14-21(22)30)33-27-32-15-18-23(34-27)25-31-10-13-37(25)38(26(18)39)24-19(28)4-3-5-20(24)29/h3-7,10,13-15,17H,8-9,11-12H2,1-2H3,(H,32,33,34). The fourth-order valence-corrected chi connectivity index (χ4v) is 5.96. The SMILES string of the molecule is CN(C)C1CCN(c2ccc(Nc3ncc4c(=O)n(-c5c(Cl)cccc5Cl)n5ccnc5c4n3)cc2Cl)CC1. The van der Waals surface area contributed by atoms with Gasteiger partial charge in [0.2, 0.25) is 5.95 Å². The quantitative estimate of drug-likeness (QED) is 0.286. The summed E-state index contributed by atoms with van der Waals surface area (Å²) >= 11 is 19.6. The number of anilines is 3. The molecule has 0 aliphatic carbocycles. The summed E-state index contributed by atoms with van der Waals surface area (Å²) in [6, 6.07) is 11.5. The predicted octanol–water partition coefficient (Wildman–Crippen LogP) is 5.66. The molecule has 1 aliphatic rings. The lowest BCUT2D eigenvalue weighted by atomic mass is 10.0. The van der Waals surface area contributed by atoms with E-state index >= 15 is 0 Å². The third-order valence-corrected chi connectivity index (χ3v) is 8.06. The van der Waals surface area contributed by atoms with Crippen LogP contribution in [0.4, 0.5) is 17.3 Å². The summed E-state index contributed by atoms with van der Waals surface area (Å²) in [5.74, 6) is 0.316. The Balaban J connectivity index is 1.33. The molecule has 1 N–H and O–H groups in total. The van der Waals surface area contributed by atoms with Gasteiger partial charge in [0.25, 0.3) is 5.56 Å². The Labute approximate surface area is 239 Å². The third-order valence-electron chi connectivity index (χ3n) is 7.15. The minimum absolute atomic E-state index is 0.282. The van der Waals surface area contributed by atoms with Crippen molar-refractivity contribution in [2.24, 2.45) is 0 Å². The Morgan fingerprint density at radius 2 is 1.74 bits per heavy atom. The van der Waals surface area contributed by atoms with Crippen LogP contribution in [-0.2, 0) is 0 Å². The predicted molar refractivity (Wildman–Crippen MR) is 158 cm³/mol. The van der Waals surface area contributed by atoms with Crippen molar-refractivity contribution >= 4 is 68.7 Å². The van der Waals surface area contributed by atoms with Crippen molar-refractivity contribution in [1.82, 2.24) is 29.0 Å². The molecule has 200 valence electrons. The average molecular weight is 584 g/mol. The summed E-state index contributed by atoms with van der Waals surface area (Å²) in [6.07, 6.45) is 6.92. The smallest absolute Gasteiger partial charge is 0.281 e. The maximum atomic E-state index is 13.6. The lowest BCUT2D eigenvalue weighted by Crippen LogP contribution is -2.42. The van der Waals surface area contributed by atoms with Crippen LogP contribution in [-0.4, -0.2) is 62.3 Å². The number of benzene rings is 2.